The Kier molecular flexibility index (Phi) is 2.24. The third kappa shape index (κ3) is 1.51. The summed E-state index contributed by atoms with van der Waals surface area (Å²) in [6.45, 7) is 0. The van der Waals surface area contributed by atoms with Gasteiger partial charge in [-0.2, -0.15) is 5.26 Å². The van der Waals surface area contributed by atoms with Crippen LogP contribution in [-0.4, -0.2) is 0 Å². The van der Waals surface area contributed by atoms with Crippen LogP contribution in [0.2, 0.25) is 0 Å². The fourth-order valence-corrected chi connectivity index (χ4v) is 0.833. The lowest BCUT2D eigenvalue weighted by atomic mass is 10.1. The number of benzene rings is 1. The molecule has 0 radical (unpaired) electrons. The molecule has 0 heterocycles. The molecule has 4 heteroatoms. The van der Waals surface area contributed by atoms with Gasteiger partial charge in [0.25, 0.3) is 6.43 Å². The number of hydrogen-bond donors (Lipinski definition) is 1. The Hall–Kier alpha value is -1.63. The highest BCUT2D eigenvalue weighted by Crippen LogP contribution is 2.25. The van der Waals surface area contributed by atoms with Gasteiger partial charge >= 0.3 is 0 Å². The van der Waals surface area contributed by atoms with Crippen molar-refractivity contribution in [2.75, 3.05) is 5.73 Å². The van der Waals surface area contributed by atoms with Crippen LogP contribution in [0.4, 0.5) is 14.5 Å². The highest BCUT2D eigenvalue weighted by atomic mass is 19.3. The van der Waals surface area contributed by atoms with Gasteiger partial charge in [0.15, 0.2) is 0 Å². The number of rotatable bonds is 1. The molecule has 12 heavy (non-hydrogen) atoms. The van der Waals surface area contributed by atoms with Crippen molar-refractivity contribution >= 4 is 5.69 Å². The molecule has 1 aromatic carbocycles. The quantitative estimate of drug-likeness (QED) is 0.652. The average Bonchev–Trinajstić information content (AvgIpc) is 2.05. The maximum Gasteiger partial charge on any atom is 0.265 e. The van der Waals surface area contributed by atoms with E-state index in [2.05, 4.69) is 0 Å². The predicted molar refractivity (Wildman–Crippen MR) is 40.5 cm³/mol. The Bertz CT molecular complexity index is 328. The lowest BCUT2D eigenvalue weighted by molar-refractivity contribution is 0.152. The third-order valence-electron chi connectivity index (χ3n) is 1.45. The summed E-state index contributed by atoms with van der Waals surface area (Å²) in [6, 6.07) is 5.57. The zero-order valence-corrected chi connectivity index (χ0v) is 6.09. The molecule has 2 N–H and O–H groups in total. The first kappa shape index (κ1) is 8.47. The number of nitrogen functional groups attached to an aromatic ring is 1. The molecule has 1 rings (SSSR count). The summed E-state index contributed by atoms with van der Waals surface area (Å²) in [7, 11) is 0. The first-order valence-electron chi connectivity index (χ1n) is 3.23. The molecule has 1 aromatic rings. The fraction of sp³-hybridized carbons (Fsp3) is 0.125. The van der Waals surface area contributed by atoms with Gasteiger partial charge in [0.1, 0.15) is 0 Å². The van der Waals surface area contributed by atoms with Crippen LogP contribution in [0.25, 0.3) is 0 Å². The number of alkyl halides is 2. The molecule has 0 aliphatic rings. The summed E-state index contributed by atoms with van der Waals surface area (Å²) >= 11 is 0. The highest BCUT2D eigenvalue weighted by Gasteiger charge is 2.11. The van der Waals surface area contributed by atoms with Crippen LogP contribution < -0.4 is 5.73 Å². The van der Waals surface area contributed by atoms with Crippen molar-refractivity contribution in [3.63, 3.8) is 0 Å². The molecular formula is C8H6F2N2. The van der Waals surface area contributed by atoms with Crippen molar-refractivity contribution in [2.45, 2.75) is 6.43 Å². The van der Waals surface area contributed by atoms with Crippen molar-refractivity contribution in [2.24, 2.45) is 0 Å². The van der Waals surface area contributed by atoms with Gasteiger partial charge in [0, 0.05) is 11.3 Å². The molecule has 62 valence electrons. The Morgan fingerprint density at radius 3 is 2.58 bits per heavy atom. The van der Waals surface area contributed by atoms with E-state index in [0.29, 0.717) is 0 Å². The van der Waals surface area contributed by atoms with Crippen LogP contribution in [0.15, 0.2) is 18.2 Å². The van der Waals surface area contributed by atoms with Crippen LogP contribution in [0.1, 0.15) is 17.6 Å². The van der Waals surface area contributed by atoms with E-state index in [1.165, 1.54) is 12.1 Å². The molecule has 0 unspecified atom stereocenters. The summed E-state index contributed by atoms with van der Waals surface area (Å²) in [5, 5.41) is 8.40. The van der Waals surface area contributed by atoms with Crippen LogP contribution in [0, 0.1) is 11.3 Å². The third-order valence-corrected chi connectivity index (χ3v) is 1.45. The van der Waals surface area contributed by atoms with E-state index in [-0.39, 0.29) is 16.8 Å². The second-order valence-corrected chi connectivity index (χ2v) is 2.26. The van der Waals surface area contributed by atoms with Crippen molar-refractivity contribution in [1.82, 2.24) is 0 Å². The van der Waals surface area contributed by atoms with E-state index in [1.54, 1.807) is 6.07 Å². The van der Waals surface area contributed by atoms with Gasteiger partial charge in [-0.15, -0.1) is 0 Å². The monoisotopic (exact) mass is 168 g/mol. The van der Waals surface area contributed by atoms with E-state index in [0.717, 1.165) is 6.07 Å². The highest BCUT2D eigenvalue weighted by molar-refractivity contribution is 5.51. The van der Waals surface area contributed by atoms with Crippen molar-refractivity contribution < 1.29 is 8.78 Å². The van der Waals surface area contributed by atoms with Crippen molar-refractivity contribution in [3.05, 3.63) is 29.3 Å². The standard InChI is InChI=1S/C8H6F2N2/c9-8(10)6-3-5(4-11)1-2-7(6)12/h1-3,8H,12H2. The Morgan fingerprint density at radius 2 is 2.08 bits per heavy atom. The van der Waals surface area contributed by atoms with Gasteiger partial charge in [-0.05, 0) is 18.2 Å². The predicted octanol–water partition coefficient (Wildman–Crippen LogP) is 2.08. The van der Waals surface area contributed by atoms with E-state index in [1.807, 2.05) is 0 Å². The number of halogens is 2. The lowest BCUT2D eigenvalue weighted by Gasteiger charge is -2.03. The molecule has 0 saturated heterocycles. The molecular weight excluding hydrogens is 162 g/mol. The minimum Gasteiger partial charge on any atom is -0.398 e. The van der Waals surface area contributed by atoms with Crippen LogP contribution in [-0.2, 0) is 0 Å². The number of nitrogens with two attached hydrogens (primary N) is 1. The molecule has 0 saturated carbocycles. The van der Waals surface area contributed by atoms with Crippen molar-refractivity contribution in [3.8, 4) is 6.07 Å². The average molecular weight is 168 g/mol. The maximum absolute atomic E-state index is 12.2. The molecule has 2 nitrogen and oxygen atoms in total. The second-order valence-electron chi connectivity index (χ2n) is 2.26. The normalized spacial score (nSPS) is 9.83. The van der Waals surface area contributed by atoms with E-state index >= 15 is 0 Å². The lowest BCUT2D eigenvalue weighted by Crippen LogP contribution is -1.94. The molecule has 0 spiro atoms. The second kappa shape index (κ2) is 3.18. The zero-order chi connectivity index (χ0) is 9.14. The summed E-state index contributed by atoms with van der Waals surface area (Å²) in [5.41, 5.74) is 5.18. The first-order valence-corrected chi connectivity index (χ1v) is 3.23. The molecule has 0 fully saturated rings. The molecule has 0 amide bonds. The molecule has 0 aliphatic carbocycles. The Balaban J connectivity index is 3.19. The van der Waals surface area contributed by atoms with Gasteiger partial charge < -0.3 is 5.73 Å². The summed E-state index contributed by atoms with van der Waals surface area (Å²) in [4.78, 5) is 0. The van der Waals surface area contributed by atoms with Gasteiger partial charge in [-0.3, -0.25) is 0 Å². The topological polar surface area (TPSA) is 49.8 Å². The van der Waals surface area contributed by atoms with E-state index in [9.17, 15) is 8.78 Å². The van der Waals surface area contributed by atoms with Gasteiger partial charge in [-0.25, -0.2) is 8.78 Å². The van der Waals surface area contributed by atoms with E-state index in [4.69, 9.17) is 11.0 Å². The molecule has 0 bridgehead atoms. The van der Waals surface area contributed by atoms with E-state index < -0.39 is 6.43 Å². The van der Waals surface area contributed by atoms with Crippen LogP contribution >= 0.6 is 0 Å². The molecule has 0 aliphatic heterocycles. The van der Waals surface area contributed by atoms with Crippen LogP contribution in [0.3, 0.4) is 0 Å². The number of nitrogens with zero attached hydrogens (tertiary/aromatic N) is 1. The number of nitriles is 1. The Labute approximate surface area is 68.2 Å². The zero-order valence-electron chi connectivity index (χ0n) is 6.09. The molecule has 0 aromatic heterocycles. The molecule has 0 atom stereocenters. The Morgan fingerprint density at radius 1 is 1.42 bits per heavy atom. The number of hydrogen-bond acceptors (Lipinski definition) is 2. The fourth-order valence-electron chi connectivity index (χ4n) is 0.833. The SMILES string of the molecule is N#Cc1ccc(N)c(C(F)F)c1. The van der Waals surface area contributed by atoms with Gasteiger partial charge in [0.05, 0.1) is 11.6 Å². The van der Waals surface area contributed by atoms with Crippen molar-refractivity contribution in [1.29, 1.82) is 5.26 Å². The largest absolute Gasteiger partial charge is 0.398 e. The van der Waals surface area contributed by atoms with Crippen LogP contribution in [0.5, 0.6) is 0 Å². The minimum atomic E-state index is -2.63. The number of anilines is 1. The minimum absolute atomic E-state index is 0.0176. The smallest absolute Gasteiger partial charge is 0.265 e. The first-order chi connectivity index (χ1) is 5.65. The summed E-state index contributed by atoms with van der Waals surface area (Å²) in [5.74, 6) is 0. The summed E-state index contributed by atoms with van der Waals surface area (Å²) < 4.78 is 24.3. The maximum atomic E-state index is 12.2. The van der Waals surface area contributed by atoms with Gasteiger partial charge in [0.2, 0.25) is 0 Å². The van der Waals surface area contributed by atoms with Gasteiger partial charge in [-0.1, -0.05) is 0 Å². The summed E-state index contributed by atoms with van der Waals surface area (Å²) in [6.07, 6.45) is -2.63.